The first-order chi connectivity index (χ1) is 10.0. The number of benzene rings is 2. The Kier molecular flexibility index (Phi) is 4.49. The molecular formula is C15H15FN2O3. The van der Waals surface area contributed by atoms with E-state index in [1.165, 1.54) is 6.07 Å². The first-order valence-electron chi connectivity index (χ1n) is 6.49. The molecule has 6 heteroatoms. The summed E-state index contributed by atoms with van der Waals surface area (Å²) < 4.78 is 19.2. The molecule has 21 heavy (non-hydrogen) atoms. The van der Waals surface area contributed by atoms with Crippen molar-refractivity contribution in [2.75, 3.05) is 0 Å². The van der Waals surface area contributed by atoms with Crippen LogP contribution in [0.1, 0.15) is 24.9 Å². The Hall–Kier alpha value is -2.47. The molecule has 0 fully saturated rings. The molecule has 0 amide bonds. The van der Waals surface area contributed by atoms with E-state index < -0.39 is 16.4 Å². The third kappa shape index (κ3) is 3.35. The maximum absolute atomic E-state index is 13.6. The molecule has 0 aliphatic rings. The number of halogens is 1. The maximum atomic E-state index is 13.6. The van der Waals surface area contributed by atoms with Gasteiger partial charge in [0.15, 0.2) is 0 Å². The molecule has 0 unspecified atom stereocenters. The molecule has 1 atom stereocenters. The Morgan fingerprint density at radius 1 is 1.33 bits per heavy atom. The zero-order chi connectivity index (χ0) is 15.4. The van der Waals surface area contributed by atoms with Gasteiger partial charge in [0.25, 0.3) is 0 Å². The smallest absolute Gasteiger partial charge is 0.305 e. The lowest BCUT2D eigenvalue weighted by Crippen LogP contribution is -2.09. The topological polar surface area (TPSA) is 78.4 Å². The van der Waals surface area contributed by atoms with Gasteiger partial charge in [-0.15, -0.1) is 0 Å². The number of nitro benzene ring substituents is 1. The summed E-state index contributed by atoms with van der Waals surface area (Å²) in [5.74, 6) is -0.233. The van der Waals surface area contributed by atoms with Crippen molar-refractivity contribution in [3.63, 3.8) is 0 Å². The number of rotatable bonds is 5. The fourth-order valence-corrected chi connectivity index (χ4v) is 1.93. The fourth-order valence-electron chi connectivity index (χ4n) is 1.93. The van der Waals surface area contributed by atoms with Crippen molar-refractivity contribution in [2.45, 2.75) is 19.4 Å². The summed E-state index contributed by atoms with van der Waals surface area (Å²) in [5.41, 5.74) is 6.22. The van der Waals surface area contributed by atoms with Crippen LogP contribution in [0.3, 0.4) is 0 Å². The van der Waals surface area contributed by atoms with Crippen LogP contribution in [0.15, 0.2) is 42.5 Å². The normalized spacial score (nSPS) is 12.0. The van der Waals surface area contributed by atoms with E-state index in [2.05, 4.69) is 0 Å². The summed E-state index contributed by atoms with van der Waals surface area (Å²) in [6.07, 6.45) is 0.731. The molecule has 0 radical (unpaired) electrons. The molecule has 0 bridgehead atoms. The SMILES string of the molecule is CC[C@H](N)c1ccccc1Oc1ccc([N+](=O)[O-])c(F)c1. The van der Waals surface area contributed by atoms with Crippen LogP contribution >= 0.6 is 0 Å². The van der Waals surface area contributed by atoms with E-state index in [0.717, 1.165) is 24.1 Å². The Morgan fingerprint density at radius 3 is 2.67 bits per heavy atom. The van der Waals surface area contributed by atoms with Gasteiger partial charge in [-0.05, 0) is 18.6 Å². The van der Waals surface area contributed by atoms with Crippen molar-refractivity contribution < 1.29 is 14.1 Å². The minimum Gasteiger partial charge on any atom is -0.457 e. The third-order valence-electron chi connectivity index (χ3n) is 3.10. The summed E-state index contributed by atoms with van der Waals surface area (Å²) in [7, 11) is 0. The molecule has 0 saturated heterocycles. The minimum atomic E-state index is -0.935. The zero-order valence-electron chi connectivity index (χ0n) is 11.5. The van der Waals surface area contributed by atoms with Gasteiger partial charge in [-0.2, -0.15) is 4.39 Å². The van der Waals surface area contributed by atoms with Gasteiger partial charge < -0.3 is 10.5 Å². The van der Waals surface area contributed by atoms with Gasteiger partial charge in [0.2, 0.25) is 5.82 Å². The van der Waals surface area contributed by atoms with Crippen LogP contribution in [-0.4, -0.2) is 4.92 Å². The standard InChI is InChI=1S/C15H15FN2O3/c1-2-13(17)11-5-3-4-6-15(11)21-10-7-8-14(18(19)20)12(16)9-10/h3-9,13H,2,17H2,1H3/t13-/m0/s1. The number of hydrogen-bond acceptors (Lipinski definition) is 4. The molecule has 2 N–H and O–H groups in total. The van der Waals surface area contributed by atoms with Crippen LogP contribution < -0.4 is 10.5 Å². The monoisotopic (exact) mass is 290 g/mol. The molecule has 0 aliphatic carbocycles. The highest BCUT2D eigenvalue weighted by Gasteiger charge is 2.16. The number of nitrogens with two attached hydrogens (primary N) is 1. The Morgan fingerprint density at radius 2 is 2.05 bits per heavy atom. The van der Waals surface area contributed by atoms with E-state index in [1.54, 1.807) is 12.1 Å². The van der Waals surface area contributed by atoms with E-state index in [9.17, 15) is 14.5 Å². The van der Waals surface area contributed by atoms with Crippen molar-refractivity contribution >= 4 is 5.69 Å². The van der Waals surface area contributed by atoms with Crippen LogP contribution in [-0.2, 0) is 0 Å². The van der Waals surface area contributed by atoms with Crippen molar-refractivity contribution in [3.8, 4) is 11.5 Å². The molecule has 0 aromatic heterocycles. The van der Waals surface area contributed by atoms with E-state index in [4.69, 9.17) is 10.5 Å². The van der Waals surface area contributed by atoms with Crippen LogP contribution in [0.5, 0.6) is 11.5 Å². The molecule has 0 heterocycles. The lowest BCUT2D eigenvalue weighted by molar-refractivity contribution is -0.387. The van der Waals surface area contributed by atoms with E-state index in [0.29, 0.717) is 5.75 Å². The highest BCUT2D eigenvalue weighted by Crippen LogP contribution is 2.31. The Bertz CT molecular complexity index is 661. The largest absolute Gasteiger partial charge is 0.457 e. The molecule has 5 nitrogen and oxygen atoms in total. The van der Waals surface area contributed by atoms with Crippen LogP contribution in [0.25, 0.3) is 0 Å². The van der Waals surface area contributed by atoms with Gasteiger partial charge >= 0.3 is 5.69 Å². The number of hydrogen-bond donors (Lipinski definition) is 1. The Labute approximate surface area is 121 Å². The number of nitro groups is 1. The van der Waals surface area contributed by atoms with Gasteiger partial charge in [0, 0.05) is 23.7 Å². The zero-order valence-corrected chi connectivity index (χ0v) is 11.5. The molecular weight excluding hydrogens is 275 g/mol. The first-order valence-corrected chi connectivity index (χ1v) is 6.49. The average Bonchev–Trinajstić information content (AvgIpc) is 2.46. The average molecular weight is 290 g/mol. The second-order valence-corrected chi connectivity index (χ2v) is 4.52. The second kappa shape index (κ2) is 6.32. The van der Waals surface area contributed by atoms with Crippen LogP contribution in [0, 0.1) is 15.9 Å². The predicted molar refractivity (Wildman–Crippen MR) is 76.8 cm³/mol. The molecule has 2 aromatic rings. The lowest BCUT2D eigenvalue weighted by Gasteiger charge is -2.15. The van der Waals surface area contributed by atoms with E-state index in [-0.39, 0.29) is 11.8 Å². The number of ether oxygens (including phenoxy) is 1. The van der Waals surface area contributed by atoms with Gasteiger partial charge in [0.1, 0.15) is 11.5 Å². The lowest BCUT2D eigenvalue weighted by atomic mass is 10.0. The molecule has 0 saturated carbocycles. The fraction of sp³-hybridized carbons (Fsp3) is 0.200. The van der Waals surface area contributed by atoms with E-state index in [1.807, 2.05) is 19.1 Å². The van der Waals surface area contributed by atoms with Crippen molar-refractivity contribution in [1.82, 2.24) is 0 Å². The third-order valence-corrected chi connectivity index (χ3v) is 3.10. The molecule has 2 rings (SSSR count). The number of nitrogens with zero attached hydrogens (tertiary/aromatic N) is 1. The molecule has 0 aliphatic heterocycles. The summed E-state index contributed by atoms with van der Waals surface area (Å²) in [6.45, 7) is 1.95. The molecule has 2 aromatic carbocycles. The summed E-state index contributed by atoms with van der Waals surface area (Å²) >= 11 is 0. The van der Waals surface area contributed by atoms with Gasteiger partial charge in [0.05, 0.1) is 4.92 Å². The number of para-hydroxylation sites is 1. The van der Waals surface area contributed by atoms with Gasteiger partial charge in [-0.3, -0.25) is 10.1 Å². The summed E-state index contributed by atoms with van der Waals surface area (Å²) in [5, 5.41) is 10.6. The first kappa shape index (κ1) is 14.9. The Balaban J connectivity index is 2.31. The molecule has 0 spiro atoms. The van der Waals surface area contributed by atoms with Crippen molar-refractivity contribution in [3.05, 3.63) is 64.0 Å². The highest BCUT2D eigenvalue weighted by molar-refractivity contribution is 5.43. The molecule has 110 valence electrons. The summed E-state index contributed by atoms with van der Waals surface area (Å²) in [6, 6.07) is 10.4. The van der Waals surface area contributed by atoms with Crippen LogP contribution in [0.4, 0.5) is 10.1 Å². The maximum Gasteiger partial charge on any atom is 0.305 e. The van der Waals surface area contributed by atoms with Gasteiger partial charge in [-0.1, -0.05) is 25.1 Å². The van der Waals surface area contributed by atoms with Crippen molar-refractivity contribution in [1.29, 1.82) is 0 Å². The highest BCUT2D eigenvalue weighted by atomic mass is 19.1. The van der Waals surface area contributed by atoms with Crippen molar-refractivity contribution in [2.24, 2.45) is 5.73 Å². The quantitative estimate of drug-likeness (QED) is 0.668. The predicted octanol–water partition coefficient (Wildman–Crippen LogP) is 3.94. The van der Waals surface area contributed by atoms with Crippen LogP contribution in [0.2, 0.25) is 0 Å². The summed E-state index contributed by atoms with van der Waals surface area (Å²) in [4.78, 5) is 9.80. The van der Waals surface area contributed by atoms with Gasteiger partial charge in [-0.25, -0.2) is 0 Å². The van der Waals surface area contributed by atoms with E-state index >= 15 is 0 Å². The second-order valence-electron chi connectivity index (χ2n) is 4.52. The minimum absolute atomic E-state index is 0.189.